The quantitative estimate of drug-likeness (QED) is 0.447. The smallest absolute Gasteiger partial charge is 0.409 e. The first kappa shape index (κ1) is 17.1. The number of carbonyl (C=O) groups excluding carboxylic acids is 1. The van der Waals surface area contributed by atoms with Gasteiger partial charge in [-0.3, -0.25) is 0 Å². The highest BCUT2D eigenvalue weighted by Gasteiger charge is 2.18. The summed E-state index contributed by atoms with van der Waals surface area (Å²) in [5.74, 6) is 0.460. The number of rotatable bonds is 3. The average Bonchev–Trinajstić information content (AvgIpc) is 3.16. The van der Waals surface area contributed by atoms with E-state index in [0.717, 1.165) is 11.1 Å². The van der Waals surface area contributed by atoms with Crippen molar-refractivity contribution >= 4 is 17.7 Å². The molecule has 0 atom stereocenters. The molecular weight excluding hydrogens is 360 g/mol. The molecule has 0 aliphatic heterocycles. The van der Waals surface area contributed by atoms with Crippen molar-refractivity contribution in [2.24, 2.45) is 0 Å². The van der Waals surface area contributed by atoms with Gasteiger partial charge in [-0.05, 0) is 30.3 Å². The Morgan fingerprint density at radius 3 is 2.11 bits per heavy atom. The lowest BCUT2D eigenvalue weighted by atomic mass is 10.1. The second kappa shape index (κ2) is 7.48. The van der Waals surface area contributed by atoms with Crippen LogP contribution in [0.1, 0.15) is 0 Å². The molecule has 27 heavy (non-hydrogen) atoms. The van der Waals surface area contributed by atoms with Gasteiger partial charge in [0.25, 0.3) is 0 Å². The second-order valence-corrected chi connectivity index (χ2v) is 6.32. The third-order valence-electron chi connectivity index (χ3n) is 4.04. The number of halogens is 1. The van der Waals surface area contributed by atoms with E-state index in [1.807, 2.05) is 54.6 Å². The minimum atomic E-state index is -0.576. The maximum Gasteiger partial charge on any atom is 0.440 e. The lowest BCUT2D eigenvalue weighted by molar-refractivity contribution is 0.199. The highest BCUT2D eigenvalue weighted by atomic mass is 35.5. The van der Waals surface area contributed by atoms with E-state index >= 15 is 0 Å². The Labute approximate surface area is 161 Å². The van der Waals surface area contributed by atoms with Crippen LogP contribution in [-0.2, 0) is 0 Å². The lowest BCUT2D eigenvalue weighted by Gasteiger charge is -2.07. The Balaban J connectivity index is 1.77. The van der Waals surface area contributed by atoms with E-state index in [9.17, 15) is 4.79 Å². The standard InChI is InChI=1S/C22H15ClN2O2/c23-18-13-11-17(12-14-18)21-15-20(16-7-3-1-4-8-16)24-25(21)22(26)27-19-9-5-2-6-10-19/h1-15H. The summed E-state index contributed by atoms with van der Waals surface area (Å²) in [6, 6.07) is 27.7. The van der Waals surface area contributed by atoms with Gasteiger partial charge in [0, 0.05) is 16.1 Å². The molecule has 0 radical (unpaired) electrons. The summed E-state index contributed by atoms with van der Waals surface area (Å²) >= 11 is 6.00. The maximum absolute atomic E-state index is 12.8. The predicted molar refractivity (Wildman–Crippen MR) is 106 cm³/mol. The van der Waals surface area contributed by atoms with Crippen molar-refractivity contribution in [3.8, 4) is 28.3 Å². The van der Waals surface area contributed by atoms with Gasteiger partial charge in [-0.25, -0.2) is 4.79 Å². The molecule has 0 saturated carbocycles. The van der Waals surface area contributed by atoms with E-state index in [1.165, 1.54) is 4.68 Å². The summed E-state index contributed by atoms with van der Waals surface area (Å²) < 4.78 is 6.75. The van der Waals surface area contributed by atoms with Crippen LogP contribution in [0, 0.1) is 0 Å². The zero-order valence-corrected chi connectivity index (χ0v) is 15.0. The van der Waals surface area contributed by atoms with Crippen LogP contribution in [0.3, 0.4) is 0 Å². The van der Waals surface area contributed by atoms with Gasteiger partial charge < -0.3 is 4.74 Å². The number of benzene rings is 3. The molecule has 0 aliphatic carbocycles. The molecule has 1 heterocycles. The summed E-state index contributed by atoms with van der Waals surface area (Å²) in [5.41, 5.74) is 3.05. The SMILES string of the molecule is O=C(Oc1ccccc1)n1nc(-c2ccccc2)cc1-c1ccc(Cl)cc1. The summed E-state index contributed by atoms with van der Waals surface area (Å²) in [4.78, 5) is 12.8. The monoisotopic (exact) mass is 374 g/mol. The van der Waals surface area contributed by atoms with Gasteiger partial charge in [0.15, 0.2) is 0 Å². The maximum atomic E-state index is 12.8. The Kier molecular flexibility index (Phi) is 4.73. The van der Waals surface area contributed by atoms with Crippen LogP contribution >= 0.6 is 11.6 Å². The van der Waals surface area contributed by atoms with E-state index in [2.05, 4.69) is 5.10 Å². The van der Waals surface area contributed by atoms with Crippen LogP contribution in [-0.4, -0.2) is 15.9 Å². The number of aromatic nitrogens is 2. The molecule has 4 nitrogen and oxygen atoms in total. The molecule has 3 aromatic carbocycles. The first-order chi connectivity index (χ1) is 13.2. The van der Waals surface area contributed by atoms with Crippen LogP contribution in [0.4, 0.5) is 4.79 Å². The molecule has 0 saturated heterocycles. The highest BCUT2D eigenvalue weighted by molar-refractivity contribution is 6.30. The van der Waals surface area contributed by atoms with Gasteiger partial charge in [0.2, 0.25) is 0 Å². The van der Waals surface area contributed by atoms with Crippen molar-refractivity contribution in [1.29, 1.82) is 0 Å². The van der Waals surface area contributed by atoms with Gasteiger partial charge in [0.1, 0.15) is 5.75 Å². The first-order valence-electron chi connectivity index (χ1n) is 8.39. The molecule has 5 heteroatoms. The van der Waals surface area contributed by atoms with E-state index in [-0.39, 0.29) is 0 Å². The van der Waals surface area contributed by atoms with Crippen molar-refractivity contribution in [1.82, 2.24) is 9.78 Å². The van der Waals surface area contributed by atoms with Crippen LogP contribution < -0.4 is 4.74 Å². The normalized spacial score (nSPS) is 10.6. The fourth-order valence-electron chi connectivity index (χ4n) is 2.73. The molecule has 0 aliphatic rings. The molecule has 0 unspecified atom stereocenters. The Bertz CT molecular complexity index is 1060. The van der Waals surface area contributed by atoms with Gasteiger partial charge in [-0.15, -0.1) is 0 Å². The topological polar surface area (TPSA) is 44.1 Å². The van der Waals surface area contributed by atoms with Gasteiger partial charge in [-0.2, -0.15) is 9.78 Å². The molecule has 0 spiro atoms. The molecular formula is C22H15ClN2O2. The van der Waals surface area contributed by atoms with E-state index in [1.54, 1.807) is 36.4 Å². The zero-order chi connectivity index (χ0) is 18.6. The third kappa shape index (κ3) is 3.76. The number of nitrogens with zero attached hydrogens (tertiary/aromatic N) is 2. The van der Waals surface area contributed by atoms with Gasteiger partial charge in [0.05, 0.1) is 11.4 Å². The number of hydrogen-bond acceptors (Lipinski definition) is 3. The zero-order valence-electron chi connectivity index (χ0n) is 14.2. The summed E-state index contributed by atoms with van der Waals surface area (Å²) in [5, 5.41) is 5.11. The Hall–Kier alpha value is -3.37. The average molecular weight is 375 g/mol. The van der Waals surface area contributed by atoms with E-state index < -0.39 is 6.09 Å². The van der Waals surface area contributed by atoms with E-state index in [4.69, 9.17) is 16.3 Å². The third-order valence-corrected chi connectivity index (χ3v) is 4.29. The minimum absolute atomic E-state index is 0.460. The molecule has 132 valence electrons. The molecule has 1 aromatic heterocycles. The summed E-state index contributed by atoms with van der Waals surface area (Å²) in [7, 11) is 0. The van der Waals surface area contributed by atoms with Crippen LogP contribution in [0.25, 0.3) is 22.5 Å². The van der Waals surface area contributed by atoms with Crippen molar-refractivity contribution < 1.29 is 9.53 Å². The molecule has 0 N–H and O–H groups in total. The number of carbonyl (C=O) groups is 1. The van der Waals surface area contributed by atoms with Crippen LogP contribution in [0.2, 0.25) is 5.02 Å². The Morgan fingerprint density at radius 2 is 1.44 bits per heavy atom. The number of hydrogen-bond donors (Lipinski definition) is 0. The Morgan fingerprint density at radius 1 is 0.815 bits per heavy atom. The van der Waals surface area contributed by atoms with Crippen molar-refractivity contribution in [2.45, 2.75) is 0 Å². The first-order valence-corrected chi connectivity index (χ1v) is 8.77. The minimum Gasteiger partial charge on any atom is -0.409 e. The number of ether oxygens (including phenoxy) is 1. The summed E-state index contributed by atoms with van der Waals surface area (Å²) in [6.07, 6.45) is -0.576. The lowest BCUT2D eigenvalue weighted by Crippen LogP contribution is -2.19. The molecule has 0 amide bonds. The molecule has 0 bridgehead atoms. The molecule has 4 rings (SSSR count). The number of para-hydroxylation sites is 1. The van der Waals surface area contributed by atoms with Crippen molar-refractivity contribution in [2.75, 3.05) is 0 Å². The summed E-state index contributed by atoms with van der Waals surface area (Å²) in [6.45, 7) is 0. The second-order valence-electron chi connectivity index (χ2n) is 5.88. The largest absolute Gasteiger partial charge is 0.440 e. The van der Waals surface area contributed by atoms with Crippen molar-refractivity contribution in [3.05, 3.63) is 96.0 Å². The fourth-order valence-corrected chi connectivity index (χ4v) is 2.86. The molecule has 0 fully saturated rings. The van der Waals surface area contributed by atoms with Crippen LogP contribution in [0.15, 0.2) is 91.0 Å². The van der Waals surface area contributed by atoms with Crippen LogP contribution in [0.5, 0.6) is 5.75 Å². The van der Waals surface area contributed by atoms with E-state index in [0.29, 0.717) is 22.2 Å². The predicted octanol–water partition coefficient (Wildman–Crippen LogP) is 5.92. The highest BCUT2D eigenvalue weighted by Crippen LogP contribution is 2.27. The van der Waals surface area contributed by atoms with Gasteiger partial charge >= 0.3 is 6.09 Å². The van der Waals surface area contributed by atoms with Crippen molar-refractivity contribution in [3.63, 3.8) is 0 Å². The van der Waals surface area contributed by atoms with Gasteiger partial charge in [-0.1, -0.05) is 72.3 Å². The molecule has 4 aromatic rings. The fraction of sp³-hybridized carbons (Fsp3) is 0.